The maximum absolute atomic E-state index is 13.5. The number of halogens is 7. The molecule has 0 aromatic heterocycles. The van der Waals surface area contributed by atoms with Crippen molar-refractivity contribution in [2.24, 2.45) is 5.92 Å². The SMILES string of the molecule is CCC(=O)CC(=O)C[C@H]1CCOC1=O.Cc1cc(Br)cc(CNC(=O)c2ccccc2Cl)c1OC(=O)c1ccc(F)cc1.Cc1cc(Br)cc(CNC(=O)c2ccccc2[N+](=O)[O-])c1OC(=O)c1ccccc1Cl.Cc1ccccc1C(=O)Oc1c(C)cc(Br)cc1CNC(=O)c1ccccc1Cl.O=C(CCc1ccccc1)C(COCc1ccccc1)N1C(=O)CNC(=O)[C@@H]1Cc1ccccc1. The zero-order chi connectivity index (χ0) is 99.5. The highest BCUT2D eigenvalue weighted by atomic mass is 79.9. The predicted molar refractivity (Wildman–Crippen MR) is 532 cm³/mol. The lowest BCUT2D eigenvalue weighted by Crippen LogP contribution is -2.64. The van der Waals surface area contributed by atoms with E-state index in [4.69, 9.17) is 58.5 Å². The molecule has 0 radical (unpaired) electrons. The average Bonchev–Trinajstić information content (AvgIpc) is 0.898. The third-order valence-electron chi connectivity index (χ3n) is 21.5. The summed E-state index contributed by atoms with van der Waals surface area (Å²) in [6.07, 6.45) is 2.25. The van der Waals surface area contributed by atoms with E-state index in [1.165, 1.54) is 47.4 Å². The van der Waals surface area contributed by atoms with Gasteiger partial charge in [0, 0.05) is 81.5 Å². The number of carbonyl (C=O) groups is 12. The van der Waals surface area contributed by atoms with Gasteiger partial charge in [0.25, 0.3) is 23.4 Å². The van der Waals surface area contributed by atoms with Crippen LogP contribution in [0.2, 0.25) is 15.1 Å². The number of hydrogen-bond donors (Lipinski definition) is 4. The minimum atomic E-state index is -0.838. The molecule has 12 aromatic carbocycles. The summed E-state index contributed by atoms with van der Waals surface area (Å²) in [7, 11) is 0. The van der Waals surface area contributed by atoms with Crippen molar-refractivity contribution in [2.75, 3.05) is 19.8 Å². The van der Waals surface area contributed by atoms with Crippen LogP contribution >= 0.6 is 82.6 Å². The van der Waals surface area contributed by atoms with Gasteiger partial charge in [-0.1, -0.05) is 247 Å². The van der Waals surface area contributed by atoms with Crippen molar-refractivity contribution in [2.45, 2.75) is 118 Å². The van der Waals surface area contributed by atoms with E-state index >= 15 is 0 Å². The van der Waals surface area contributed by atoms with Crippen molar-refractivity contribution in [1.29, 1.82) is 0 Å². The number of ether oxygens (including phenoxy) is 5. The highest BCUT2D eigenvalue weighted by Gasteiger charge is 2.42. The Morgan fingerprint density at radius 3 is 1.39 bits per heavy atom. The second kappa shape index (κ2) is 53.3. The Bertz CT molecular complexity index is 6420. The summed E-state index contributed by atoms with van der Waals surface area (Å²) in [5, 5.41) is 23.1. The number of carbonyl (C=O) groups excluding carboxylic acids is 12. The number of rotatable bonds is 32. The van der Waals surface area contributed by atoms with Crippen LogP contribution in [0.15, 0.2) is 286 Å². The maximum atomic E-state index is 13.5. The molecule has 2 aliphatic rings. The fraction of sp³-hybridized carbons (Fsp3) is 0.208. The standard InChI is InChI=1S/C29H30N2O4.C23H19BrClNO3.C22H16BrClFNO3.C22H16BrClN2O5.C10H14O4/c32-27(17-16-22-10-4-1-5-11-22)26(21-35-20-24-14-8-3-9-15-24)31-25(29(34)30-19-28(31)33)18-23-12-6-2-7-13-23;1-14-7-3-4-8-18(14)23(28)29-21-15(2)11-17(24)12-16(21)13-26-22(27)19-9-5-6-10-20(19)25;1-13-10-16(23)11-15(12-26-21(27)18-4-2-3-5-19(18)24)20(13)29-22(28)14-6-8-17(25)9-7-14;1-13-10-15(23)11-14(20(13)31-22(28)16-6-2-4-8-18(16)24)12-25-21(27)17-7-3-5-9-19(17)26(29)30;1-2-8(11)6-9(12)5-7-3-4-14-10(7)13/h1-15,25-26H,16-21H2,(H,30,34);3-12H,13H2,1-2H3,(H,26,27);2-11H,12H2,1H3,(H,26,27);2-11H,12H2,1H3,(H,25,27);7H,2-6H2,1H3/t25-,26?;;;;7-/m0...1/s1. The number of Topliss-reactive ketones (excluding diaryl/α,β-unsaturated/α-hetero) is 3. The highest BCUT2D eigenvalue weighted by molar-refractivity contribution is 9.11. The molecule has 0 spiro atoms. The van der Waals surface area contributed by atoms with Gasteiger partial charge < -0.3 is 49.9 Å². The van der Waals surface area contributed by atoms with Gasteiger partial charge in [-0.3, -0.25) is 53.3 Å². The number of esters is 4. The van der Waals surface area contributed by atoms with Crippen molar-refractivity contribution in [3.63, 3.8) is 0 Å². The van der Waals surface area contributed by atoms with E-state index in [-0.39, 0.29) is 138 Å². The molecule has 0 saturated carbocycles. The Kier molecular flexibility index (Phi) is 41.1. The number of nitro benzene ring substituents is 1. The molecule has 32 heteroatoms. The van der Waals surface area contributed by atoms with Gasteiger partial charge in [0.15, 0.2) is 5.78 Å². The molecule has 2 heterocycles. The average molecular weight is 2120 g/mol. The van der Waals surface area contributed by atoms with Crippen LogP contribution in [0.5, 0.6) is 17.2 Å². The normalized spacial score (nSPS) is 13.0. The number of cyclic esters (lactones) is 1. The number of para-hydroxylation sites is 1. The smallest absolute Gasteiger partial charge is 0.345 e. The number of nitrogens with zero attached hydrogens (tertiary/aromatic N) is 2. The van der Waals surface area contributed by atoms with E-state index in [9.17, 15) is 72.0 Å². The zero-order valence-corrected chi connectivity index (χ0v) is 82.4. The lowest BCUT2D eigenvalue weighted by Gasteiger charge is -2.39. The summed E-state index contributed by atoms with van der Waals surface area (Å²) >= 11 is 28.5. The number of nitro groups is 1. The molecule has 2 saturated heterocycles. The topological polar surface area (TPSA) is 345 Å². The summed E-state index contributed by atoms with van der Waals surface area (Å²) in [4.78, 5) is 160. The second-order valence-corrected chi connectivity index (χ2v) is 35.5. The molecule has 2 aliphatic heterocycles. The molecule has 138 heavy (non-hydrogen) atoms. The van der Waals surface area contributed by atoms with Gasteiger partial charge >= 0.3 is 23.9 Å². The molecule has 25 nitrogen and oxygen atoms in total. The van der Waals surface area contributed by atoms with Crippen molar-refractivity contribution < 1.29 is 90.5 Å². The summed E-state index contributed by atoms with van der Waals surface area (Å²) in [5.74, 6) is -3.82. The molecule has 1 unspecified atom stereocenters. The quantitative estimate of drug-likeness (QED) is 0.01000. The van der Waals surface area contributed by atoms with E-state index in [1.54, 1.807) is 136 Å². The summed E-state index contributed by atoms with van der Waals surface area (Å²) < 4.78 is 43.0. The van der Waals surface area contributed by atoms with Gasteiger partial charge in [0.1, 0.15) is 52.3 Å². The van der Waals surface area contributed by atoms with Crippen LogP contribution in [0.4, 0.5) is 10.1 Å². The number of amides is 5. The predicted octanol–water partition coefficient (Wildman–Crippen LogP) is 21.3. The highest BCUT2D eigenvalue weighted by Crippen LogP contribution is 2.35. The minimum absolute atomic E-state index is 0.0176. The molecule has 14 rings (SSSR count). The molecule has 2 fully saturated rings. The fourth-order valence-electron chi connectivity index (χ4n) is 14.4. The number of piperazine rings is 1. The number of nitrogens with one attached hydrogen (secondary N) is 4. The fourth-order valence-corrected chi connectivity index (χ4v) is 16.9. The zero-order valence-electron chi connectivity index (χ0n) is 75.4. The molecular weight excluding hydrogens is 2030 g/mol. The monoisotopic (exact) mass is 2120 g/mol. The molecule has 712 valence electrons. The summed E-state index contributed by atoms with van der Waals surface area (Å²) in [5.41, 5.74) is 9.04. The Morgan fingerprint density at radius 1 is 0.507 bits per heavy atom. The first-order valence-corrected chi connectivity index (χ1v) is 46.9. The largest absolute Gasteiger partial charge is 0.465 e. The van der Waals surface area contributed by atoms with E-state index in [1.807, 2.05) is 129 Å². The third-order valence-corrected chi connectivity index (χ3v) is 23.9. The van der Waals surface area contributed by atoms with E-state index in [2.05, 4.69) is 69.1 Å². The first-order chi connectivity index (χ1) is 66.2. The van der Waals surface area contributed by atoms with Crippen LogP contribution < -0.4 is 35.5 Å². The second-order valence-electron chi connectivity index (χ2n) is 31.5. The van der Waals surface area contributed by atoms with Crippen LogP contribution in [-0.4, -0.2) is 112 Å². The molecule has 0 bridgehead atoms. The minimum Gasteiger partial charge on any atom is -0.465 e. The van der Waals surface area contributed by atoms with Gasteiger partial charge in [-0.2, -0.15) is 0 Å². The van der Waals surface area contributed by atoms with Crippen LogP contribution in [0.25, 0.3) is 0 Å². The molecule has 12 aromatic rings. The molecule has 5 amide bonds. The maximum Gasteiger partial charge on any atom is 0.345 e. The van der Waals surface area contributed by atoms with E-state index < -0.39 is 46.6 Å². The van der Waals surface area contributed by atoms with E-state index in [0.717, 1.165) is 41.2 Å². The first-order valence-electron chi connectivity index (χ1n) is 43.4. The van der Waals surface area contributed by atoms with Gasteiger partial charge in [-0.15, -0.1) is 0 Å². The molecular formula is C106H95Br3Cl3FN6O19. The molecule has 0 aliphatic carbocycles. The summed E-state index contributed by atoms with van der Waals surface area (Å²) in [6, 6.07) is 76.1. The Balaban J connectivity index is 0.000000182. The van der Waals surface area contributed by atoms with Crippen molar-refractivity contribution in [3.05, 3.63) is 406 Å². The number of benzene rings is 12. The van der Waals surface area contributed by atoms with Gasteiger partial charge in [0.05, 0.1) is 86.5 Å². The molecule has 3 atom stereocenters. The van der Waals surface area contributed by atoms with Crippen LogP contribution in [0.3, 0.4) is 0 Å². The third kappa shape index (κ3) is 31.8. The number of hydrogen-bond acceptors (Lipinski definition) is 19. The first kappa shape index (κ1) is 107. The van der Waals surface area contributed by atoms with Crippen molar-refractivity contribution >= 4 is 159 Å². The number of aryl methyl sites for hydroxylation is 5. The van der Waals surface area contributed by atoms with Gasteiger partial charge in [-0.25, -0.2) is 18.8 Å². The molecule has 4 N–H and O–H groups in total. The Morgan fingerprint density at radius 2 is 0.928 bits per heavy atom. The van der Waals surface area contributed by atoms with Crippen LogP contribution in [0, 0.1) is 49.5 Å². The lowest BCUT2D eigenvalue weighted by molar-refractivity contribution is -0.385. The lowest BCUT2D eigenvalue weighted by atomic mass is 9.96. The van der Waals surface area contributed by atoms with Crippen LogP contribution in [0.1, 0.15) is 157 Å². The van der Waals surface area contributed by atoms with Gasteiger partial charge in [-0.05, 0) is 189 Å². The summed E-state index contributed by atoms with van der Waals surface area (Å²) in [6.45, 7) is 9.90. The Labute approximate surface area is 836 Å². The number of ketones is 3. The van der Waals surface area contributed by atoms with Crippen LogP contribution in [-0.2, 0) is 77.3 Å². The Hall–Kier alpha value is -13.5. The van der Waals surface area contributed by atoms with Gasteiger partial charge in [0.2, 0.25) is 11.8 Å². The van der Waals surface area contributed by atoms with Crippen molar-refractivity contribution in [3.8, 4) is 17.2 Å². The van der Waals surface area contributed by atoms with Crippen molar-refractivity contribution in [1.82, 2.24) is 26.2 Å². The van der Waals surface area contributed by atoms with E-state index in [0.29, 0.717) is 105 Å².